The molecule has 172 valence electrons. The van der Waals surface area contributed by atoms with Crippen molar-refractivity contribution in [3.05, 3.63) is 0 Å². The Morgan fingerprint density at radius 3 is 1.63 bits per heavy atom. The van der Waals surface area contributed by atoms with E-state index in [9.17, 15) is 9.90 Å². The van der Waals surface area contributed by atoms with E-state index in [4.69, 9.17) is 4.99 Å². The van der Waals surface area contributed by atoms with Crippen molar-refractivity contribution in [1.29, 1.82) is 0 Å². The minimum Gasteiger partial charge on any atom is -0.385 e. The van der Waals surface area contributed by atoms with E-state index >= 15 is 0 Å². The van der Waals surface area contributed by atoms with Gasteiger partial charge in [-0.05, 0) is 95.2 Å². The highest BCUT2D eigenvalue weighted by Gasteiger charge is 2.51. The van der Waals surface area contributed by atoms with Crippen LogP contribution in [0.5, 0.6) is 0 Å². The maximum Gasteiger partial charge on any atom is 0.199 e. The minimum absolute atomic E-state index is 0.0111. The number of piperidine rings is 2. The Labute approximate surface area is 183 Å². The van der Waals surface area contributed by atoms with Crippen molar-refractivity contribution in [1.82, 2.24) is 15.1 Å². The maximum atomic E-state index is 12.9. The quantitative estimate of drug-likeness (QED) is 0.735. The second-order valence-corrected chi connectivity index (χ2v) is 12.5. The summed E-state index contributed by atoms with van der Waals surface area (Å²) in [6.07, 6.45) is 2.90. The van der Waals surface area contributed by atoms with Gasteiger partial charge >= 0.3 is 0 Å². The largest absolute Gasteiger partial charge is 0.385 e. The van der Waals surface area contributed by atoms with Crippen molar-refractivity contribution >= 4 is 11.5 Å². The molecule has 2 heterocycles. The van der Waals surface area contributed by atoms with E-state index in [0.29, 0.717) is 5.71 Å². The molecule has 0 amide bonds. The van der Waals surface area contributed by atoms with Crippen molar-refractivity contribution in [2.24, 2.45) is 4.99 Å². The predicted molar refractivity (Wildman–Crippen MR) is 123 cm³/mol. The minimum atomic E-state index is -0.797. The molecule has 0 aromatic heterocycles. The van der Waals surface area contributed by atoms with E-state index in [0.717, 1.165) is 25.7 Å². The van der Waals surface area contributed by atoms with Gasteiger partial charge in [-0.15, -0.1) is 0 Å². The molecule has 2 aliphatic heterocycles. The summed E-state index contributed by atoms with van der Waals surface area (Å²) in [5.41, 5.74) is 0.479. The van der Waals surface area contributed by atoms with Gasteiger partial charge in [-0.3, -0.25) is 19.6 Å². The van der Waals surface area contributed by atoms with Crippen LogP contribution in [0.1, 0.15) is 81.1 Å². The number of nitrogens with zero attached hydrogens (tertiary/aromatic N) is 3. The summed E-state index contributed by atoms with van der Waals surface area (Å²) in [4.78, 5) is 22.5. The fourth-order valence-electron chi connectivity index (χ4n) is 6.17. The lowest BCUT2D eigenvalue weighted by Gasteiger charge is -2.55. The number of ketones is 1. The molecule has 3 aliphatic rings. The number of hydrogen-bond donors (Lipinski definition) is 2. The van der Waals surface area contributed by atoms with E-state index in [-0.39, 0.29) is 40.0 Å². The van der Waals surface area contributed by atoms with E-state index in [1.54, 1.807) is 0 Å². The van der Waals surface area contributed by atoms with Crippen molar-refractivity contribution < 1.29 is 9.90 Å². The highest BCUT2D eigenvalue weighted by Crippen LogP contribution is 2.39. The third-order valence-electron chi connectivity index (χ3n) is 8.46. The van der Waals surface area contributed by atoms with Crippen molar-refractivity contribution in [3.8, 4) is 0 Å². The third-order valence-corrected chi connectivity index (χ3v) is 8.46. The molecule has 30 heavy (non-hydrogen) atoms. The number of carbonyl (C=O) groups excluding carboxylic acids is 1. The number of rotatable bonds is 3. The lowest BCUT2D eigenvalue weighted by atomic mass is 9.75. The van der Waals surface area contributed by atoms with Crippen LogP contribution in [0.3, 0.4) is 0 Å². The number of aliphatic hydroxyl groups is 1. The smallest absolute Gasteiger partial charge is 0.199 e. The third kappa shape index (κ3) is 4.13. The topological polar surface area (TPSA) is 68.2 Å². The lowest BCUT2D eigenvalue weighted by Crippen LogP contribution is -2.70. The second kappa shape index (κ2) is 7.36. The summed E-state index contributed by atoms with van der Waals surface area (Å²) in [6.45, 7) is 17.9. The SMILES string of the molecule is CN1C(C)(C)CC(N=C2C(=O)C(NC3CC(C)(C)N(C)C(C)(C)C3)C2O)CC1(C)C. The number of aliphatic imine (C=N–C) groups is 1. The van der Waals surface area contributed by atoms with Gasteiger partial charge < -0.3 is 10.4 Å². The van der Waals surface area contributed by atoms with Gasteiger partial charge in [0.2, 0.25) is 0 Å². The Hall–Kier alpha value is -0.820. The summed E-state index contributed by atoms with van der Waals surface area (Å²) in [5.74, 6) is -0.0217. The monoisotopic (exact) mass is 420 g/mol. The zero-order valence-electron chi connectivity index (χ0n) is 20.8. The molecule has 2 unspecified atom stereocenters. The molecule has 6 nitrogen and oxygen atoms in total. The van der Waals surface area contributed by atoms with Crippen molar-refractivity contribution in [3.63, 3.8) is 0 Å². The first kappa shape index (κ1) is 23.8. The van der Waals surface area contributed by atoms with E-state index < -0.39 is 12.1 Å². The molecule has 0 spiro atoms. The van der Waals surface area contributed by atoms with Gasteiger partial charge in [-0.2, -0.15) is 0 Å². The number of nitrogens with one attached hydrogen (secondary N) is 1. The number of hydrogen-bond acceptors (Lipinski definition) is 6. The van der Waals surface area contributed by atoms with Crippen molar-refractivity contribution in [2.75, 3.05) is 14.1 Å². The molecule has 1 aliphatic carbocycles. The zero-order valence-corrected chi connectivity index (χ0v) is 20.8. The number of likely N-dealkylation sites (tertiary alicyclic amines) is 2. The Bertz CT molecular complexity index is 689. The molecular weight excluding hydrogens is 376 g/mol. The molecule has 3 fully saturated rings. The lowest BCUT2D eigenvalue weighted by molar-refractivity contribution is -0.122. The van der Waals surface area contributed by atoms with E-state index in [1.807, 2.05) is 0 Å². The average Bonchev–Trinajstić information content (AvgIpc) is 2.59. The fourth-order valence-corrected chi connectivity index (χ4v) is 6.17. The molecule has 0 bridgehead atoms. The van der Waals surface area contributed by atoms with Gasteiger partial charge in [-0.25, -0.2) is 0 Å². The first-order valence-electron chi connectivity index (χ1n) is 11.5. The van der Waals surface area contributed by atoms with Gasteiger partial charge in [-0.1, -0.05) is 0 Å². The van der Waals surface area contributed by atoms with E-state index in [2.05, 4.69) is 84.6 Å². The summed E-state index contributed by atoms with van der Waals surface area (Å²) < 4.78 is 0. The van der Waals surface area contributed by atoms with Gasteiger partial charge in [0.25, 0.3) is 0 Å². The maximum absolute atomic E-state index is 12.9. The van der Waals surface area contributed by atoms with Crippen molar-refractivity contribution in [2.45, 2.75) is 127 Å². The molecule has 6 heteroatoms. The molecule has 1 saturated carbocycles. The van der Waals surface area contributed by atoms with Crippen LogP contribution in [0, 0.1) is 0 Å². The van der Waals surface area contributed by atoms with Crippen LogP contribution in [-0.2, 0) is 4.79 Å². The first-order valence-corrected chi connectivity index (χ1v) is 11.5. The van der Waals surface area contributed by atoms with Crippen LogP contribution in [0.2, 0.25) is 0 Å². The molecule has 2 atom stereocenters. The molecule has 2 N–H and O–H groups in total. The number of aliphatic hydroxyl groups excluding tert-OH is 1. The Balaban J connectivity index is 1.68. The molecule has 0 aromatic rings. The first-order chi connectivity index (χ1) is 13.5. The Morgan fingerprint density at radius 1 is 0.833 bits per heavy atom. The summed E-state index contributed by atoms with van der Waals surface area (Å²) in [7, 11) is 4.34. The van der Waals surface area contributed by atoms with Gasteiger partial charge in [0.05, 0.1) is 6.04 Å². The van der Waals surface area contributed by atoms with Crippen LogP contribution in [0.15, 0.2) is 4.99 Å². The fraction of sp³-hybridized carbons (Fsp3) is 0.917. The van der Waals surface area contributed by atoms with E-state index in [1.165, 1.54) is 0 Å². The second-order valence-electron chi connectivity index (χ2n) is 12.5. The van der Waals surface area contributed by atoms with Gasteiger partial charge in [0.1, 0.15) is 17.9 Å². The standard InChI is InChI=1S/C24H44N4O2/c1-21(2)11-15(12-22(3,4)27(21)9)25-17-19(29)18(20(17)30)26-16-13-23(5,6)28(10)24(7,8)14-16/h15-17,19,25,29H,11-14H2,1-10H3. The average molecular weight is 421 g/mol. The number of Topliss-reactive ketones (excluding diaryl/α,β-unsaturated/α-hetero) is 1. The molecular formula is C24H44N4O2. The Kier molecular flexibility index (Phi) is 5.85. The van der Waals surface area contributed by atoms with Crippen LogP contribution < -0.4 is 5.32 Å². The van der Waals surface area contributed by atoms with Gasteiger partial charge in [0.15, 0.2) is 5.78 Å². The van der Waals surface area contributed by atoms with Crippen LogP contribution >= 0.6 is 0 Å². The summed E-state index contributed by atoms with van der Waals surface area (Å²) in [5, 5.41) is 14.3. The van der Waals surface area contributed by atoms with Crippen LogP contribution in [-0.4, -0.2) is 86.9 Å². The molecule has 2 saturated heterocycles. The highest BCUT2D eigenvalue weighted by atomic mass is 16.3. The molecule has 0 radical (unpaired) electrons. The molecule has 0 aromatic carbocycles. The number of carbonyl (C=O) groups is 1. The summed E-state index contributed by atoms with van der Waals surface area (Å²) in [6, 6.07) is -0.240. The summed E-state index contributed by atoms with van der Waals surface area (Å²) >= 11 is 0. The molecule has 3 rings (SSSR count). The van der Waals surface area contributed by atoms with Crippen LogP contribution in [0.25, 0.3) is 0 Å². The normalized spacial score (nSPS) is 36.1. The predicted octanol–water partition coefficient (Wildman–Crippen LogP) is 2.63. The zero-order chi connectivity index (χ0) is 22.9. The highest BCUT2D eigenvalue weighted by molar-refractivity contribution is 6.50. The van der Waals surface area contributed by atoms with Crippen LogP contribution in [0.4, 0.5) is 0 Å². The Morgan fingerprint density at radius 2 is 1.23 bits per heavy atom. The van der Waals surface area contributed by atoms with Gasteiger partial charge in [0, 0.05) is 28.2 Å².